The Hall–Kier alpha value is -3.31. The van der Waals surface area contributed by atoms with Crippen LogP contribution >= 0.6 is 0 Å². The van der Waals surface area contributed by atoms with E-state index < -0.39 is 0 Å². The number of benzene rings is 1. The number of hydrogen-bond acceptors (Lipinski definition) is 4. The Labute approximate surface area is 208 Å². The predicted octanol–water partition coefficient (Wildman–Crippen LogP) is 7.09. The number of hydrogen-bond donors (Lipinski definition) is 0. The molecule has 3 aromatic heterocycles. The first-order valence-electron chi connectivity index (χ1n) is 12.4. The molecule has 0 unspecified atom stereocenters. The van der Waals surface area contributed by atoms with Gasteiger partial charge in [-0.3, -0.25) is 4.90 Å². The zero-order valence-electron chi connectivity index (χ0n) is 21.4. The highest BCUT2D eigenvalue weighted by atomic mass is 16.3. The van der Waals surface area contributed by atoms with Crippen molar-refractivity contribution in [1.29, 1.82) is 0 Å². The van der Waals surface area contributed by atoms with Gasteiger partial charge in [0.25, 0.3) is 0 Å². The molecule has 35 heavy (non-hydrogen) atoms. The first-order chi connectivity index (χ1) is 16.8. The van der Waals surface area contributed by atoms with E-state index in [-0.39, 0.29) is 5.41 Å². The Morgan fingerprint density at radius 3 is 2.09 bits per heavy atom. The first kappa shape index (κ1) is 23.4. The van der Waals surface area contributed by atoms with Crippen molar-refractivity contribution in [3.05, 3.63) is 107 Å². The second kappa shape index (κ2) is 9.38. The third-order valence-corrected chi connectivity index (χ3v) is 7.10. The molecule has 1 aliphatic rings. The lowest BCUT2D eigenvalue weighted by molar-refractivity contribution is 0.176. The molecule has 0 fully saturated rings. The van der Waals surface area contributed by atoms with Gasteiger partial charge in [0.2, 0.25) is 0 Å². The fourth-order valence-corrected chi connectivity index (χ4v) is 5.21. The minimum Gasteiger partial charge on any atom is -0.468 e. The summed E-state index contributed by atoms with van der Waals surface area (Å²) < 4.78 is 13.4. The van der Waals surface area contributed by atoms with E-state index in [0.29, 0.717) is 12.0 Å². The Bertz CT molecular complexity index is 1240. The fraction of sp³-hybridized carbons (Fsp3) is 0.367. The van der Waals surface area contributed by atoms with Crippen molar-refractivity contribution in [2.45, 2.75) is 71.5 Å². The smallest absolute Gasteiger partial charge is 0.117 e. The lowest BCUT2D eigenvalue weighted by Gasteiger charge is -2.27. The topological polar surface area (TPSA) is 47.3 Å². The quantitative estimate of drug-likeness (QED) is 0.271. The third-order valence-electron chi connectivity index (χ3n) is 7.10. The molecule has 0 saturated heterocycles. The van der Waals surface area contributed by atoms with Crippen LogP contribution in [0.15, 0.2) is 82.0 Å². The third kappa shape index (κ3) is 4.92. The second-order valence-electron chi connectivity index (χ2n) is 10.7. The van der Waals surface area contributed by atoms with Crippen molar-refractivity contribution in [1.82, 2.24) is 14.7 Å². The van der Waals surface area contributed by atoms with Crippen molar-refractivity contribution in [2.75, 3.05) is 0 Å². The van der Waals surface area contributed by atoms with Crippen LogP contribution in [0.25, 0.3) is 5.69 Å². The van der Waals surface area contributed by atoms with Crippen LogP contribution in [0.5, 0.6) is 0 Å². The number of aryl methyl sites for hydroxylation is 1. The van der Waals surface area contributed by atoms with E-state index in [4.69, 9.17) is 13.9 Å². The molecule has 3 heterocycles. The number of rotatable bonds is 7. The van der Waals surface area contributed by atoms with E-state index in [2.05, 4.69) is 80.6 Å². The van der Waals surface area contributed by atoms with Crippen LogP contribution in [0.3, 0.4) is 0 Å². The highest BCUT2D eigenvalue weighted by Gasteiger charge is 2.30. The normalized spacial score (nSPS) is 18.1. The average Bonchev–Trinajstić information content (AvgIpc) is 3.62. The van der Waals surface area contributed by atoms with Gasteiger partial charge in [0, 0.05) is 23.2 Å². The van der Waals surface area contributed by atoms with Crippen molar-refractivity contribution in [3.63, 3.8) is 0 Å². The Morgan fingerprint density at radius 2 is 1.54 bits per heavy atom. The molecule has 0 amide bonds. The Kier molecular flexibility index (Phi) is 6.28. The molecule has 2 atom stereocenters. The molecular formula is C30H35N3O2. The van der Waals surface area contributed by atoms with Gasteiger partial charge < -0.3 is 8.83 Å². The van der Waals surface area contributed by atoms with Gasteiger partial charge >= 0.3 is 0 Å². The van der Waals surface area contributed by atoms with Crippen LogP contribution in [-0.2, 0) is 18.5 Å². The van der Waals surface area contributed by atoms with Crippen LogP contribution in [0.1, 0.15) is 67.1 Å². The maximum atomic E-state index is 5.66. The first-order valence-corrected chi connectivity index (χ1v) is 12.4. The number of aromatic nitrogens is 2. The summed E-state index contributed by atoms with van der Waals surface area (Å²) in [5, 5.41) is 4.95. The summed E-state index contributed by atoms with van der Waals surface area (Å²) in [4.78, 5) is 2.43. The molecule has 4 aromatic rings. The van der Waals surface area contributed by atoms with Gasteiger partial charge in [-0.2, -0.15) is 5.10 Å². The molecule has 0 N–H and O–H groups in total. The summed E-state index contributed by atoms with van der Waals surface area (Å²) in [5.74, 6) is 2.26. The summed E-state index contributed by atoms with van der Waals surface area (Å²) in [6.07, 6.45) is 9.18. The molecule has 5 rings (SSSR count). The molecule has 182 valence electrons. The molecule has 1 aromatic carbocycles. The van der Waals surface area contributed by atoms with E-state index in [0.717, 1.165) is 42.4 Å². The van der Waals surface area contributed by atoms with E-state index in [1.807, 2.05) is 24.3 Å². The summed E-state index contributed by atoms with van der Waals surface area (Å²) in [6, 6.07) is 17.1. The predicted molar refractivity (Wildman–Crippen MR) is 139 cm³/mol. The zero-order chi connectivity index (χ0) is 24.6. The molecule has 1 aliphatic carbocycles. The minimum atomic E-state index is 0.138. The van der Waals surface area contributed by atoms with Crippen LogP contribution in [0.4, 0.5) is 0 Å². The standard InChI is InChI=1S/C30H35N3O2/c1-21-29(22(2)33(31-21)25-14-11-24(12-15-25)30(3,4)5)23-10-13-26(18-23)32(19-27-8-6-16-34-27)20-28-9-7-17-35-28/h6-17,23,26H,18-20H2,1-5H3/t23-,26-/m1/s1. The van der Waals surface area contributed by atoms with E-state index in [1.54, 1.807) is 12.5 Å². The summed E-state index contributed by atoms with van der Waals surface area (Å²) in [5.41, 5.74) is 6.23. The maximum Gasteiger partial charge on any atom is 0.117 e. The van der Waals surface area contributed by atoms with Gasteiger partial charge in [0.05, 0.1) is 37.0 Å². The maximum absolute atomic E-state index is 5.66. The van der Waals surface area contributed by atoms with E-state index in [9.17, 15) is 0 Å². The van der Waals surface area contributed by atoms with Gasteiger partial charge in [0.15, 0.2) is 0 Å². The highest BCUT2D eigenvalue weighted by Crippen LogP contribution is 2.36. The fourth-order valence-electron chi connectivity index (χ4n) is 5.21. The Morgan fingerprint density at radius 1 is 0.914 bits per heavy atom. The molecule has 0 spiro atoms. The lowest BCUT2D eigenvalue weighted by Crippen LogP contribution is -2.32. The van der Waals surface area contributed by atoms with Gasteiger partial charge in [-0.05, 0) is 67.6 Å². The number of furan rings is 2. The zero-order valence-corrected chi connectivity index (χ0v) is 21.4. The SMILES string of the molecule is Cc1nn(-c2ccc(C(C)(C)C)cc2)c(C)c1[C@@H]1C=C[C@@H](N(Cc2ccco2)Cc2ccco2)C1. The molecule has 5 heteroatoms. The van der Waals surface area contributed by atoms with Gasteiger partial charge in [-0.15, -0.1) is 0 Å². The number of nitrogens with zero attached hydrogens (tertiary/aromatic N) is 3. The van der Waals surface area contributed by atoms with Crippen LogP contribution in [0.2, 0.25) is 0 Å². The second-order valence-corrected chi connectivity index (χ2v) is 10.7. The van der Waals surface area contributed by atoms with Crippen LogP contribution in [0, 0.1) is 13.8 Å². The minimum absolute atomic E-state index is 0.138. The average molecular weight is 470 g/mol. The Balaban J connectivity index is 1.37. The molecule has 0 saturated carbocycles. The largest absolute Gasteiger partial charge is 0.468 e. The summed E-state index contributed by atoms with van der Waals surface area (Å²) in [7, 11) is 0. The van der Waals surface area contributed by atoms with Crippen LogP contribution in [-0.4, -0.2) is 20.7 Å². The van der Waals surface area contributed by atoms with Crippen molar-refractivity contribution < 1.29 is 8.83 Å². The van der Waals surface area contributed by atoms with E-state index in [1.165, 1.54) is 16.8 Å². The highest BCUT2D eigenvalue weighted by molar-refractivity contribution is 5.43. The molecule has 0 radical (unpaired) electrons. The molecule has 0 aliphatic heterocycles. The van der Waals surface area contributed by atoms with Crippen molar-refractivity contribution >= 4 is 0 Å². The number of allylic oxidation sites excluding steroid dienone is 1. The van der Waals surface area contributed by atoms with Gasteiger partial charge in [0.1, 0.15) is 11.5 Å². The monoisotopic (exact) mass is 469 g/mol. The lowest BCUT2D eigenvalue weighted by atomic mass is 9.87. The van der Waals surface area contributed by atoms with Gasteiger partial charge in [-0.1, -0.05) is 45.1 Å². The molecule has 5 nitrogen and oxygen atoms in total. The van der Waals surface area contributed by atoms with E-state index >= 15 is 0 Å². The summed E-state index contributed by atoms with van der Waals surface area (Å²) >= 11 is 0. The molecular weight excluding hydrogens is 434 g/mol. The van der Waals surface area contributed by atoms with Crippen molar-refractivity contribution in [3.8, 4) is 5.69 Å². The molecule has 0 bridgehead atoms. The van der Waals surface area contributed by atoms with Gasteiger partial charge in [-0.25, -0.2) is 4.68 Å². The van der Waals surface area contributed by atoms with Crippen molar-refractivity contribution in [2.24, 2.45) is 0 Å². The van der Waals surface area contributed by atoms with Crippen LogP contribution < -0.4 is 0 Å². The summed E-state index contributed by atoms with van der Waals surface area (Å²) in [6.45, 7) is 12.5.